The van der Waals surface area contributed by atoms with Gasteiger partial charge in [-0.1, -0.05) is 12.1 Å². The van der Waals surface area contributed by atoms with Crippen molar-refractivity contribution < 1.29 is 9.53 Å². The Balaban J connectivity index is 2.75. The number of nitrogens with zero attached hydrogens (tertiary/aromatic N) is 1. The molecule has 1 unspecified atom stereocenters. The summed E-state index contributed by atoms with van der Waals surface area (Å²) in [6, 6.07) is 7.79. The van der Waals surface area contributed by atoms with Crippen LogP contribution < -0.4 is 10.1 Å². The lowest BCUT2D eigenvalue weighted by Gasteiger charge is -2.15. The van der Waals surface area contributed by atoms with Crippen molar-refractivity contribution >= 4 is 6.09 Å². The zero-order valence-corrected chi connectivity index (χ0v) is 10.9. The maximum Gasteiger partial charge on any atom is 0.414 e. The van der Waals surface area contributed by atoms with Crippen LogP contribution in [0, 0.1) is 0 Å². The van der Waals surface area contributed by atoms with Crippen LogP contribution in [0.15, 0.2) is 24.3 Å². The highest BCUT2D eigenvalue weighted by Crippen LogP contribution is 2.19. The van der Waals surface area contributed by atoms with E-state index in [0.717, 1.165) is 5.56 Å². The lowest BCUT2D eigenvalue weighted by molar-refractivity contribution is 0.165. The number of nitrogens with one attached hydrogen (secondary N) is 1. The Morgan fingerprint density at radius 3 is 2.82 bits per heavy atom. The monoisotopic (exact) mass is 236 g/mol. The number of hydrogen-bond acceptors (Lipinski definition) is 3. The van der Waals surface area contributed by atoms with Crippen LogP contribution in [0.3, 0.4) is 0 Å². The summed E-state index contributed by atoms with van der Waals surface area (Å²) in [7, 11) is 3.61. The van der Waals surface area contributed by atoms with Crippen molar-refractivity contribution in [2.24, 2.45) is 0 Å². The molecule has 1 aromatic rings. The average molecular weight is 236 g/mol. The van der Waals surface area contributed by atoms with E-state index in [2.05, 4.69) is 12.2 Å². The number of ether oxygens (including phenoxy) is 1. The van der Waals surface area contributed by atoms with Gasteiger partial charge < -0.3 is 15.0 Å². The molecule has 4 heteroatoms. The van der Waals surface area contributed by atoms with Gasteiger partial charge in [-0.15, -0.1) is 0 Å². The summed E-state index contributed by atoms with van der Waals surface area (Å²) in [4.78, 5) is 13.1. The molecule has 1 aromatic carbocycles. The van der Waals surface area contributed by atoms with Gasteiger partial charge in [0.2, 0.25) is 0 Å². The number of rotatable bonds is 4. The van der Waals surface area contributed by atoms with E-state index in [-0.39, 0.29) is 12.1 Å². The highest BCUT2D eigenvalue weighted by molar-refractivity contribution is 5.70. The zero-order chi connectivity index (χ0) is 12.8. The van der Waals surface area contributed by atoms with Crippen molar-refractivity contribution in [3.8, 4) is 5.75 Å². The van der Waals surface area contributed by atoms with Crippen LogP contribution in [0.4, 0.5) is 4.79 Å². The molecular formula is C13H20N2O2. The molecule has 0 aliphatic heterocycles. The highest BCUT2D eigenvalue weighted by Gasteiger charge is 2.10. The molecule has 0 fully saturated rings. The van der Waals surface area contributed by atoms with Crippen LogP contribution in [0.2, 0.25) is 0 Å². The third-order valence-corrected chi connectivity index (χ3v) is 2.78. The third-order valence-electron chi connectivity index (χ3n) is 2.78. The fourth-order valence-corrected chi connectivity index (χ4v) is 1.32. The second kappa shape index (κ2) is 6.25. The van der Waals surface area contributed by atoms with E-state index in [1.807, 2.05) is 32.2 Å². The topological polar surface area (TPSA) is 41.6 Å². The van der Waals surface area contributed by atoms with Gasteiger partial charge in [-0.2, -0.15) is 0 Å². The lowest BCUT2D eigenvalue weighted by Crippen LogP contribution is -2.29. The van der Waals surface area contributed by atoms with Gasteiger partial charge in [0.15, 0.2) is 0 Å². The summed E-state index contributed by atoms with van der Waals surface area (Å²) in [5, 5.41) is 3.14. The van der Waals surface area contributed by atoms with Gasteiger partial charge in [0, 0.05) is 19.6 Å². The molecule has 0 aromatic heterocycles. The van der Waals surface area contributed by atoms with E-state index in [1.165, 1.54) is 4.90 Å². The minimum absolute atomic E-state index is 0.234. The molecule has 1 atom stereocenters. The first-order valence-corrected chi connectivity index (χ1v) is 5.78. The standard InChI is InChI=1S/C13H20N2O2/c1-5-15(4)13(16)17-12-8-6-7-11(9-12)10(2)14-3/h6-10,14H,5H2,1-4H3. The molecule has 0 heterocycles. The van der Waals surface area contributed by atoms with Gasteiger partial charge in [0.25, 0.3) is 0 Å². The zero-order valence-electron chi connectivity index (χ0n) is 10.9. The second-order valence-electron chi connectivity index (χ2n) is 3.96. The molecular weight excluding hydrogens is 216 g/mol. The van der Waals surface area contributed by atoms with Crippen LogP contribution in [0.5, 0.6) is 5.75 Å². The summed E-state index contributed by atoms with van der Waals surface area (Å²) in [6.45, 7) is 4.59. The van der Waals surface area contributed by atoms with Crippen molar-refractivity contribution in [2.45, 2.75) is 19.9 Å². The molecule has 1 rings (SSSR count). The molecule has 0 radical (unpaired) electrons. The maximum absolute atomic E-state index is 11.6. The molecule has 0 aliphatic rings. The number of benzene rings is 1. The molecule has 1 N–H and O–H groups in total. The lowest BCUT2D eigenvalue weighted by atomic mass is 10.1. The molecule has 0 spiro atoms. The Hall–Kier alpha value is -1.55. The Morgan fingerprint density at radius 2 is 2.24 bits per heavy atom. The second-order valence-corrected chi connectivity index (χ2v) is 3.96. The van der Waals surface area contributed by atoms with Crippen molar-refractivity contribution in [1.82, 2.24) is 10.2 Å². The quantitative estimate of drug-likeness (QED) is 0.873. The van der Waals surface area contributed by atoms with Crippen LogP contribution >= 0.6 is 0 Å². The molecule has 94 valence electrons. The number of carbonyl (C=O) groups is 1. The minimum Gasteiger partial charge on any atom is -0.410 e. The number of hydrogen-bond donors (Lipinski definition) is 1. The first-order chi connectivity index (χ1) is 8.08. The molecule has 0 saturated heterocycles. The summed E-state index contributed by atoms with van der Waals surface area (Å²) in [5.41, 5.74) is 1.09. The smallest absolute Gasteiger partial charge is 0.410 e. The SMILES string of the molecule is CCN(C)C(=O)Oc1cccc(C(C)NC)c1. The van der Waals surface area contributed by atoms with Crippen molar-refractivity contribution in [3.63, 3.8) is 0 Å². The van der Waals surface area contributed by atoms with Crippen molar-refractivity contribution in [1.29, 1.82) is 0 Å². The molecule has 1 amide bonds. The Kier molecular flexibility index (Phi) is 4.97. The predicted molar refractivity (Wildman–Crippen MR) is 68.2 cm³/mol. The fraction of sp³-hybridized carbons (Fsp3) is 0.462. The average Bonchev–Trinajstić information content (AvgIpc) is 2.37. The van der Waals surface area contributed by atoms with Crippen LogP contribution in [0.1, 0.15) is 25.5 Å². The van der Waals surface area contributed by atoms with E-state index < -0.39 is 0 Å². The van der Waals surface area contributed by atoms with E-state index >= 15 is 0 Å². The largest absolute Gasteiger partial charge is 0.414 e. The molecule has 4 nitrogen and oxygen atoms in total. The Bertz CT molecular complexity index is 379. The molecule has 17 heavy (non-hydrogen) atoms. The van der Waals surface area contributed by atoms with Crippen LogP contribution in [0.25, 0.3) is 0 Å². The summed E-state index contributed by atoms with van der Waals surface area (Å²) in [5.74, 6) is 0.579. The Morgan fingerprint density at radius 1 is 1.53 bits per heavy atom. The van der Waals surface area contributed by atoms with Gasteiger partial charge in [-0.25, -0.2) is 4.79 Å². The van der Waals surface area contributed by atoms with E-state index in [0.29, 0.717) is 12.3 Å². The first kappa shape index (κ1) is 13.5. The fourth-order valence-electron chi connectivity index (χ4n) is 1.32. The predicted octanol–water partition coefficient (Wildman–Crippen LogP) is 2.42. The van der Waals surface area contributed by atoms with Gasteiger partial charge in [0.1, 0.15) is 5.75 Å². The van der Waals surface area contributed by atoms with Gasteiger partial charge in [-0.05, 0) is 38.6 Å². The third kappa shape index (κ3) is 3.75. The van der Waals surface area contributed by atoms with Gasteiger partial charge in [-0.3, -0.25) is 0 Å². The highest BCUT2D eigenvalue weighted by atomic mass is 16.6. The Labute approximate surface area is 103 Å². The van der Waals surface area contributed by atoms with E-state index in [9.17, 15) is 4.79 Å². The molecule has 0 aliphatic carbocycles. The van der Waals surface area contributed by atoms with Crippen LogP contribution in [-0.4, -0.2) is 31.6 Å². The van der Waals surface area contributed by atoms with Crippen molar-refractivity contribution in [3.05, 3.63) is 29.8 Å². The van der Waals surface area contributed by atoms with Gasteiger partial charge >= 0.3 is 6.09 Å². The minimum atomic E-state index is -0.332. The molecule has 0 saturated carbocycles. The number of amides is 1. The first-order valence-electron chi connectivity index (χ1n) is 5.78. The van der Waals surface area contributed by atoms with Gasteiger partial charge in [0.05, 0.1) is 0 Å². The van der Waals surface area contributed by atoms with E-state index in [1.54, 1.807) is 13.1 Å². The molecule has 0 bridgehead atoms. The van der Waals surface area contributed by atoms with E-state index in [4.69, 9.17) is 4.74 Å². The summed E-state index contributed by atoms with van der Waals surface area (Å²) >= 11 is 0. The van der Waals surface area contributed by atoms with Crippen molar-refractivity contribution in [2.75, 3.05) is 20.6 Å². The summed E-state index contributed by atoms with van der Waals surface area (Å²) in [6.07, 6.45) is -0.332. The maximum atomic E-state index is 11.6. The summed E-state index contributed by atoms with van der Waals surface area (Å²) < 4.78 is 5.26. The number of carbonyl (C=O) groups excluding carboxylic acids is 1. The van der Waals surface area contributed by atoms with Crippen LogP contribution in [-0.2, 0) is 0 Å². The normalized spacial score (nSPS) is 12.0.